The molecule has 7 nitrogen and oxygen atoms in total. The standard InChI is InChI=1S/C23H17FN4O3/c24-15-4-5-16-14(8-15)11-31-22(29)20-21-18(16)10-26-23(28(21)12-27-20)25-9-13-2-1-3-19-17(13)6-7-30-19/h1-5,8,10,12H,6-7,9,11H2,(H,25,26). The van der Waals surface area contributed by atoms with Gasteiger partial charge in [0.1, 0.15) is 24.5 Å². The third-order valence-electron chi connectivity index (χ3n) is 5.75. The Morgan fingerprint density at radius 2 is 2.06 bits per heavy atom. The first kappa shape index (κ1) is 17.9. The third kappa shape index (κ3) is 2.83. The molecule has 0 fully saturated rings. The number of aromatic nitrogens is 3. The van der Waals surface area contributed by atoms with Gasteiger partial charge in [0.15, 0.2) is 5.69 Å². The fraction of sp³-hybridized carbons (Fsp3) is 0.174. The Morgan fingerprint density at radius 3 is 3.00 bits per heavy atom. The maximum Gasteiger partial charge on any atom is 0.359 e. The van der Waals surface area contributed by atoms with E-state index in [4.69, 9.17) is 9.47 Å². The molecule has 0 saturated heterocycles. The van der Waals surface area contributed by atoms with Crippen LogP contribution in [0.1, 0.15) is 27.2 Å². The molecule has 0 saturated carbocycles. The number of cyclic esters (lactones) is 1. The molecule has 2 aromatic heterocycles. The number of carbonyl (C=O) groups excluding carboxylic acids is 1. The van der Waals surface area contributed by atoms with Crippen molar-refractivity contribution in [3.8, 4) is 16.9 Å². The molecule has 31 heavy (non-hydrogen) atoms. The second-order valence-corrected chi connectivity index (χ2v) is 7.53. The third-order valence-corrected chi connectivity index (χ3v) is 5.75. The minimum atomic E-state index is -0.547. The molecule has 6 rings (SSSR count). The molecule has 2 aliphatic rings. The molecule has 0 bridgehead atoms. The summed E-state index contributed by atoms with van der Waals surface area (Å²) in [6, 6.07) is 10.5. The molecule has 0 atom stereocenters. The van der Waals surface area contributed by atoms with Crippen LogP contribution in [0.15, 0.2) is 48.9 Å². The van der Waals surface area contributed by atoms with E-state index in [9.17, 15) is 9.18 Å². The van der Waals surface area contributed by atoms with Gasteiger partial charge in [-0.3, -0.25) is 4.40 Å². The molecule has 2 aliphatic heterocycles. The smallest absolute Gasteiger partial charge is 0.359 e. The average molecular weight is 416 g/mol. The quantitative estimate of drug-likeness (QED) is 0.513. The number of nitrogens with zero attached hydrogens (tertiary/aromatic N) is 3. The fourth-order valence-electron chi connectivity index (χ4n) is 4.28. The number of imidazole rings is 1. The zero-order valence-corrected chi connectivity index (χ0v) is 16.4. The average Bonchev–Trinajstić information content (AvgIpc) is 3.43. The number of hydrogen-bond acceptors (Lipinski definition) is 6. The fourth-order valence-corrected chi connectivity index (χ4v) is 4.28. The number of hydrogen-bond donors (Lipinski definition) is 1. The molecule has 8 heteroatoms. The van der Waals surface area contributed by atoms with Crippen molar-refractivity contribution in [1.82, 2.24) is 14.4 Å². The lowest BCUT2D eigenvalue weighted by atomic mass is 9.99. The van der Waals surface area contributed by atoms with Gasteiger partial charge in [-0.25, -0.2) is 19.2 Å². The lowest BCUT2D eigenvalue weighted by Gasteiger charge is -2.17. The number of nitrogens with one attached hydrogen (secondary N) is 1. The minimum Gasteiger partial charge on any atom is -0.493 e. The van der Waals surface area contributed by atoms with Crippen LogP contribution < -0.4 is 10.1 Å². The molecule has 2 aromatic carbocycles. The zero-order chi connectivity index (χ0) is 20.9. The van der Waals surface area contributed by atoms with Gasteiger partial charge in [0.25, 0.3) is 0 Å². The van der Waals surface area contributed by atoms with Crippen LogP contribution in [0, 0.1) is 5.82 Å². The minimum absolute atomic E-state index is 0.0222. The summed E-state index contributed by atoms with van der Waals surface area (Å²) in [5.41, 5.74) is 5.18. The first-order valence-corrected chi connectivity index (χ1v) is 9.98. The Labute approximate surface area is 176 Å². The van der Waals surface area contributed by atoms with E-state index in [0.29, 0.717) is 35.7 Å². The maximum atomic E-state index is 13.8. The van der Waals surface area contributed by atoms with Crippen LogP contribution in [0.2, 0.25) is 0 Å². The van der Waals surface area contributed by atoms with Crippen molar-refractivity contribution in [2.75, 3.05) is 11.9 Å². The van der Waals surface area contributed by atoms with E-state index in [1.54, 1.807) is 23.0 Å². The SMILES string of the molecule is O=C1OCc2cc(F)ccc2-c2cnc(NCc3cccc4c3CCO4)n3cnc1c23. The highest BCUT2D eigenvalue weighted by Gasteiger charge is 2.25. The van der Waals surface area contributed by atoms with E-state index in [0.717, 1.165) is 23.3 Å². The molecule has 4 aromatic rings. The van der Waals surface area contributed by atoms with Gasteiger partial charge < -0.3 is 14.8 Å². The number of anilines is 1. The van der Waals surface area contributed by atoms with Gasteiger partial charge in [-0.15, -0.1) is 0 Å². The highest BCUT2D eigenvalue weighted by Crippen LogP contribution is 2.34. The van der Waals surface area contributed by atoms with Crippen LogP contribution in [0.25, 0.3) is 16.6 Å². The summed E-state index contributed by atoms with van der Waals surface area (Å²) in [5.74, 6) is 0.539. The highest BCUT2D eigenvalue weighted by molar-refractivity contribution is 6.01. The van der Waals surface area contributed by atoms with Crippen LogP contribution >= 0.6 is 0 Å². The lowest BCUT2D eigenvalue weighted by Crippen LogP contribution is -2.12. The van der Waals surface area contributed by atoms with Gasteiger partial charge in [-0.2, -0.15) is 0 Å². The Balaban J connectivity index is 1.45. The van der Waals surface area contributed by atoms with Gasteiger partial charge in [-0.1, -0.05) is 18.2 Å². The zero-order valence-electron chi connectivity index (χ0n) is 16.4. The van der Waals surface area contributed by atoms with Crippen molar-refractivity contribution >= 4 is 17.4 Å². The van der Waals surface area contributed by atoms with E-state index in [1.165, 1.54) is 17.7 Å². The van der Waals surface area contributed by atoms with Gasteiger partial charge in [0.2, 0.25) is 5.95 Å². The van der Waals surface area contributed by atoms with Crippen LogP contribution in [-0.4, -0.2) is 26.9 Å². The summed E-state index contributed by atoms with van der Waals surface area (Å²) in [4.78, 5) is 21.4. The van der Waals surface area contributed by atoms with E-state index in [-0.39, 0.29) is 18.1 Å². The molecule has 0 spiro atoms. The van der Waals surface area contributed by atoms with Crippen LogP contribution in [0.4, 0.5) is 10.3 Å². The molecule has 0 radical (unpaired) electrons. The normalized spacial score (nSPS) is 14.3. The van der Waals surface area contributed by atoms with Crippen LogP contribution in [-0.2, 0) is 24.3 Å². The highest BCUT2D eigenvalue weighted by atomic mass is 19.1. The number of ether oxygens (including phenoxy) is 2. The summed E-state index contributed by atoms with van der Waals surface area (Å²) in [5, 5.41) is 3.35. The largest absolute Gasteiger partial charge is 0.493 e. The Bertz CT molecular complexity index is 1360. The van der Waals surface area contributed by atoms with Gasteiger partial charge in [0, 0.05) is 35.9 Å². The monoisotopic (exact) mass is 416 g/mol. The number of carbonyl (C=O) groups is 1. The number of fused-ring (bicyclic) bond motifs is 3. The molecule has 0 unspecified atom stereocenters. The number of halogens is 1. The van der Waals surface area contributed by atoms with E-state index < -0.39 is 5.97 Å². The summed E-state index contributed by atoms with van der Waals surface area (Å²) < 4.78 is 26.5. The van der Waals surface area contributed by atoms with Crippen molar-refractivity contribution in [3.63, 3.8) is 0 Å². The topological polar surface area (TPSA) is 77.8 Å². The summed E-state index contributed by atoms with van der Waals surface area (Å²) in [7, 11) is 0. The first-order valence-electron chi connectivity index (χ1n) is 9.98. The summed E-state index contributed by atoms with van der Waals surface area (Å²) in [6.07, 6.45) is 4.12. The molecular formula is C23H17FN4O3. The van der Waals surface area contributed by atoms with Crippen molar-refractivity contribution in [3.05, 3.63) is 77.1 Å². The van der Waals surface area contributed by atoms with Crippen LogP contribution in [0.5, 0.6) is 5.75 Å². The Kier molecular flexibility index (Phi) is 3.92. The Morgan fingerprint density at radius 1 is 1.13 bits per heavy atom. The molecule has 1 N–H and O–H groups in total. The lowest BCUT2D eigenvalue weighted by molar-refractivity contribution is 0.0468. The van der Waals surface area contributed by atoms with Gasteiger partial charge in [-0.05, 0) is 29.3 Å². The van der Waals surface area contributed by atoms with Gasteiger partial charge >= 0.3 is 5.97 Å². The molecule has 154 valence electrons. The van der Waals surface area contributed by atoms with Crippen LogP contribution in [0.3, 0.4) is 0 Å². The molecular weight excluding hydrogens is 399 g/mol. The molecule has 0 amide bonds. The molecule has 0 aliphatic carbocycles. The Hall–Kier alpha value is -3.94. The predicted octanol–water partition coefficient (Wildman–Crippen LogP) is 3.75. The second kappa shape index (κ2) is 6.80. The van der Waals surface area contributed by atoms with E-state index in [1.807, 2.05) is 12.1 Å². The van der Waals surface area contributed by atoms with Crippen molar-refractivity contribution in [2.45, 2.75) is 19.6 Å². The van der Waals surface area contributed by atoms with Crippen molar-refractivity contribution in [1.29, 1.82) is 0 Å². The van der Waals surface area contributed by atoms with Gasteiger partial charge in [0.05, 0.1) is 12.1 Å². The van der Waals surface area contributed by atoms with Crippen molar-refractivity contribution < 1.29 is 18.7 Å². The predicted molar refractivity (Wildman–Crippen MR) is 110 cm³/mol. The van der Waals surface area contributed by atoms with E-state index in [2.05, 4.69) is 21.4 Å². The number of esters is 1. The summed E-state index contributed by atoms with van der Waals surface area (Å²) >= 11 is 0. The summed E-state index contributed by atoms with van der Waals surface area (Å²) in [6.45, 7) is 1.22. The number of rotatable bonds is 3. The number of benzene rings is 2. The van der Waals surface area contributed by atoms with Crippen molar-refractivity contribution in [2.24, 2.45) is 0 Å². The van der Waals surface area contributed by atoms with E-state index >= 15 is 0 Å². The second-order valence-electron chi connectivity index (χ2n) is 7.53. The maximum absolute atomic E-state index is 13.8. The first-order chi connectivity index (χ1) is 15.2. The molecule has 4 heterocycles.